The molecule has 1 heterocycles. The highest BCUT2D eigenvalue weighted by molar-refractivity contribution is 8.00. The van der Waals surface area contributed by atoms with Gasteiger partial charge in [0.05, 0.1) is 7.11 Å². The fourth-order valence-corrected chi connectivity index (χ4v) is 4.81. The lowest BCUT2D eigenvalue weighted by molar-refractivity contribution is -0.130. The molecule has 0 unspecified atom stereocenters. The minimum Gasteiger partial charge on any atom is -0.497 e. The zero-order valence-electron chi connectivity index (χ0n) is 16.9. The van der Waals surface area contributed by atoms with Crippen molar-refractivity contribution in [3.8, 4) is 5.75 Å². The summed E-state index contributed by atoms with van der Waals surface area (Å²) in [6.45, 7) is 1.19. The largest absolute Gasteiger partial charge is 0.497 e. The van der Waals surface area contributed by atoms with Crippen molar-refractivity contribution in [3.63, 3.8) is 0 Å². The maximum atomic E-state index is 12.5. The molecule has 0 aliphatic carbocycles. The number of likely N-dealkylation sites (tertiary alicyclic amines) is 1. The van der Waals surface area contributed by atoms with Crippen molar-refractivity contribution in [2.45, 2.75) is 35.5 Å². The molecule has 0 radical (unpaired) electrons. The van der Waals surface area contributed by atoms with Crippen LogP contribution in [-0.2, 0) is 16.1 Å². The molecular formula is C22H26N2O5S. The molecule has 160 valence electrons. The number of nitrogens with zero attached hydrogens (tertiary/aromatic N) is 1. The molecule has 2 aromatic carbocycles. The number of nitrogens with one attached hydrogen (secondary N) is 1. The van der Waals surface area contributed by atoms with Gasteiger partial charge in [0.15, 0.2) is 0 Å². The number of benzene rings is 2. The van der Waals surface area contributed by atoms with Gasteiger partial charge in [-0.15, -0.1) is 11.8 Å². The van der Waals surface area contributed by atoms with Crippen LogP contribution < -0.4 is 10.2 Å². The number of piperidine rings is 1. The average Bonchev–Trinajstić information content (AvgIpc) is 2.79. The summed E-state index contributed by atoms with van der Waals surface area (Å²) >= 11 is 1.59. The van der Waals surface area contributed by atoms with Crippen molar-refractivity contribution in [1.29, 1.82) is 0 Å². The minimum atomic E-state index is -0.434. The topological polar surface area (TPSA) is 88.1 Å². The van der Waals surface area contributed by atoms with Gasteiger partial charge in [-0.05, 0) is 42.7 Å². The van der Waals surface area contributed by atoms with E-state index in [1.54, 1.807) is 29.3 Å². The molecule has 0 spiro atoms. The van der Waals surface area contributed by atoms with Gasteiger partial charge >= 0.3 is 6.09 Å². The third-order valence-electron chi connectivity index (χ3n) is 5.14. The second kappa shape index (κ2) is 10.4. The Morgan fingerprint density at radius 1 is 1.10 bits per heavy atom. The third-order valence-corrected chi connectivity index (χ3v) is 6.63. The first kappa shape index (κ1) is 22.0. The molecule has 3 rings (SSSR count). The minimum absolute atomic E-state index is 0.160. The Morgan fingerprint density at radius 3 is 2.37 bits per heavy atom. The van der Waals surface area contributed by atoms with E-state index < -0.39 is 10.7 Å². The van der Waals surface area contributed by atoms with Gasteiger partial charge < -0.3 is 14.4 Å². The van der Waals surface area contributed by atoms with Crippen LogP contribution in [0.5, 0.6) is 5.75 Å². The molecule has 0 aromatic heterocycles. The zero-order valence-corrected chi connectivity index (χ0v) is 17.7. The van der Waals surface area contributed by atoms with Crippen molar-refractivity contribution >= 4 is 23.8 Å². The Morgan fingerprint density at radius 2 is 1.77 bits per heavy atom. The molecular weight excluding hydrogens is 404 g/mol. The number of hydrogen-bond donors (Lipinski definition) is 2. The van der Waals surface area contributed by atoms with Crippen LogP contribution in [-0.4, -0.2) is 47.1 Å². The van der Waals surface area contributed by atoms with Crippen LogP contribution in [0, 0.1) is 0 Å². The van der Waals surface area contributed by atoms with E-state index in [2.05, 4.69) is 0 Å². The maximum absolute atomic E-state index is 12.5. The van der Waals surface area contributed by atoms with Gasteiger partial charge in [0.2, 0.25) is 5.91 Å². The lowest BCUT2D eigenvalue weighted by Crippen LogP contribution is -2.47. The summed E-state index contributed by atoms with van der Waals surface area (Å²) in [4.78, 5) is 27.1. The van der Waals surface area contributed by atoms with Crippen molar-refractivity contribution in [3.05, 3.63) is 60.2 Å². The SMILES string of the molecule is COc1ccc(SC2(CC(=O)NO)CCN(C(=O)OCc3ccccc3)CC2)cc1. The number of ether oxygens (including phenoxy) is 2. The number of rotatable bonds is 7. The van der Waals surface area contributed by atoms with E-state index >= 15 is 0 Å². The highest BCUT2D eigenvalue weighted by atomic mass is 32.2. The summed E-state index contributed by atoms with van der Waals surface area (Å²) in [7, 11) is 1.61. The van der Waals surface area contributed by atoms with Crippen molar-refractivity contribution in [2.24, 2.45) is 0 Å². The van der Waals surface area contributed by atoms with Gasteiger partial charge in [-0.1, -0.05) is 30.3 Å². The summed E-state index contributed by atoms with van der Waals surface area (Å²) in [5.74, 6) is 0.327. The monoisotopic (exact) mass is 430 g/mol. The summed E-state index contributed by atoms with van der Waals surface area (Å²) < 4.78 is 10.2. The van der Waals surface area contributed by atoms with Crippen molar-refractivity contribution < 1.29 is 24.3 Å². The first-order valence-electron chi connectivity index (χ1n) is 9.75. The molecule has 2 aromatic rings. The van der Waals surface area contributed by atoms with E-state index in [-0.39, 0.29) is 19.1 Å². The van der Waals surface area contributed by atoms with E-state index in [1.165, 1.54) is 0 Å². The Hall–Kier alpha value is -2.71. The van der Waals surface area contributed by atoms with Crippen molar-refractivity contribution in [1.82, 2.24) is 10.4 Å². The molecule has 0 bridgehead atoms. The maximum Gasteiger partial charge on any atom is 0.410 e. The lowest BCUT2D eigenvalue weighted by Gasteiger charge is -2.40. The number of carbonyl (C=O) groups excluding carboxylic acids is 2. The Bertz CT molecular complexity index is 836. The standard InChI is InChI=1S/C22H26N2O5S/c1-28-18-7-9-19(10-8-18)30-22(15-20(25)23-27)11-13-24(14-12-22)21(26)29-16-17-5-3-2-4-6-17/h2-10,27H,11-16H2,1H3,(H,23,25). The lowest BCUT2D eigenvalue weighted by atomic mass is 9.92. The third kappa shape index (κ3) is 5.90. The highest BCUT2D eigenvalue weighted by Gasteiger charge is 2.39. The highest BCUT2D eigenvalue weighted by Crippen LogP contribution is 2.44. The molecule has 7 nitrogen and oxygen atoms in total. The smallest absolute Gasteiger partial charge is 0.410 e. The molecule has 8 heteroatoms. The Balaban J connectivity index is 1.61. The van der Waals surface area contributed by atoms with Crippen LogP contribution in [0.4, 0.5) is 4.79 Å². The van der Waals surface area contributed by atoms with E-state index in [0.29, 0.717) is 25.9 Å². The number of hydroxylamine groups is 1. The molecule has 1 aliphatic heterocycles. The van der Waals surface area contributed by atoms with Gasteiger partial charge in [0.1, 0.15) is 12.4 Å². The van der Waals surface area contributed by atoms with Crippen LogP contribution >= 0.6 is 11.8 Å². The van der Waals surface area contributed by atoms with Gasteiger partial charge in [-0.25, -0.2) is 10.3 Å². The van der Waals surface area contributed by atoms with Crippen LogP contribution in [0.3, 0.4) is 0 Å². The quantitative estimate of drug-likeness (QED) is 0.512. The number of thioether (sulfide) groups is 1. The van der Waals surface area contributed by atoms with E-state index in [1.807, 2.05) is 54.6 Å². The Kier molecular flexibility index (Phi) is 7.59. The van der Waals surface area contributed by atoms with Crippen LogP contribution in [0.1, 0.15) is 24.8 Å². The molecule has 1 saturated heterocycles. The fraction of sp³-hybridized carbons (Fsp3) is 0.364. The molecule has 2 N–H and O–H groups in total. The molecule has 1 fully saturated rings. The summed E-state index contributed by atoms with van der Waals surface area (Å²) in [5, 5.41) is 9.02. The van der Waals surface area contributed by atoms with Gasteiger partial charge in [-0.3, -0.25) is 10.0 Å². The number of amides is 2. The summed E-state index contributed by atoms with van der Waals surface area (Å²) in [6.07, 6.45) is 1.02. The second-order valence-corrected chi connectivity index (χ2v) is 8.74. The van der Waals surface area contributed by atoms with Crippen LogP contribution in [0.15, 0.2) is 59.5 Å². The predicted octanol–water partition coefficient (Wildman–Crippen LogP) is 3.85. The zero-order chi connectivity index (χ0) is 21.4. The normalized spacial score (nSPS) is 15.3. The van der Waals surface area contributed by atoms with Gasteiger partial charge in [-0.2, -0.15) is 0 Å². The fourth-order valence-electron chi connectivity index (χ4n) is 3.45. The number of hydrogen-bond acceptors (Lipinski definition) is 6. The van der Waals surface area contributed by atoms with Crippen LogP contribution in [0.25, 0.3) is 0 Å². The second-order valence-electron chi connectivity index (χ2n) is 7.20. The van der Waals surface area contributed by atoms with Crippen molar-refractivity contribution in [2.75, 3.05) is 20.2 Å². The van der Waals surface area contributed by atoms with Gasteiger partial charge in [0, 0.05) is 29.2 Å². The predicted molar refractivity (Wildman–Crippen MR) is 114 cm³/mol. The molecule has 0 saturated carbocycles. The summed E-state index contributed by atoms with van der Waals surface area (Å²) in [5.41, 5.74) is 2.67. The molecule has 2 amide bonds. The Labute approximate surface area is 180 Å². The van der Waals surface area contributed by atoms with E-state index in [9.17, 15) is 9.59 Å². The first-order chi connectivity index (χ1) is 14.5. The number of methoxy groups -OCH3 is 1. The first-order valence-corrected chi connectivity index (χ1v) is 10.6. The molecule has 30 heavy (non-hydrogen) atoms. The van der Waals surface area contributed by atoms with E-state index in [4.69, 9.17) is 14.7 Å². The van der Waals surface area contributed by atoms with Crippen LogP contribution in [0.2, 0.25) is 0 Å². The number of carbonyl (C=O) groups is 2. The molecule has 1 aliphatic rings. The van der Waals surface area contributed by atoms with Gasteiger partial charge in [0.25, 0.3) is 0 Å². The molecule has 0 atom stereocenters. The van der Waals surface area contributed by atoms with E-state index in [0.717, 1.165) is 16.2 Å². The summed E-state index contributed by atoms with van der Waals surface area (Å²) in [6, 6.07) is 17.2. The average molecular weight is 431 g/mol.